The molecule has 3 heterocycles. The van der Waals surface area contributed by atoms with Gasteiger partial charge in [-0.3, -0.25) is 14.6 Å². The molecule has 2 fully saturated rings. The molecule has 2 unspecified atom stereocenters. The van der Waals surface area contributed by atoms with Gasteiger partial charge in [0, 0.05) is 26.2 Å². The molecule has 0 N–H and O–H groups in total. The summed E-state index contributed by atoms with van der Waals surface area (Å²) in [7, 11) is 2.14. The van der Waals surface area contributed by atoms with Gasteiger partial charge in [-0.2, -0.15) is 0 Å². The van der Waals surface area contributed by atoms with Crippen molar-refractivity contribution in [3.8, 4) is 0 Å². The Labute approximate surface area is 162 Å². The van der Waals surface area contributed by atoms with Crippen LogP contribution in [-0.2, 0) is 16.9 Å². The van der Waals surface area contributed by atoms with Crippen LogP contribution in [0, 0.1) is 0 Å². The number of alkyl halides is 1. The van der Waals surface area contributed by atoms with Gasteiger partial charge in [0.05, 0.1) is 12.1 Å². The van der Waals surface area contributed by atoms with Crippen molar-refractivity contribution in [1.82, 2.24) is 20.0 Å². The first-order valence-corrected chi connectivity index (χ1v) is 10.0. The fourth-order valence-corrected chi connectivity index (χ4v) is 4.88. The number of halogens is 1. The van der Waals surface area contributed by atoms with Crippen molar-refractivity contribution in [3.63, 3.8) is 0 Å². The third-order valence-electron chi connectivity index (χ3n) is 5.36. The SMILES string of the molecule is CN1CCN(Cc2nnc(N3C(=O)C(Cl)C3(C)c3ccccc3)s2)CC1. The van der Waals surface area contributed by atoms with Gasteiger partial charge in [-0.1, -0.05) is 41.7 Å². The van der Waals surface area contributed by atoms with E-state index in [4.69, 9.17) is 11.6 Å². The highest BCUT2D eigenvalue weighted by Gasteiger charge is 2.59. The predicted molar refractivity (Wildman–Crippen MR) is 104 cm³/mol. The van der Waals surface area contributed by atoms with Crippen LogP contribution in [0.5, 0.6) is 0 Å². The van der Waals surface area contributed by atoms with Crippen molar-refractivity contribution < 1.29 is 4.79 Å². The molecule has 6 nitrogen and oxygen atoms in total. The number of carbonyl (C=O) groups is 1. The Kier molecular flexibility index (Phi) is 4.73. The van der Waals surface area contributed by atoms with Gasteiger partial charge in [-0.05, 0) is 19.5 Å². The molecule has 138 valence electrons. The van der Waals surface area contributed by atoms with Crippen molar-refractivity contribution >= 4 is 34.0 Å². The number of anilines is 1. The van der Waals surface area contributed by atoms with E-state index in [0.717, 1.165) is 43.3 Å². The van der Waals surface area contributed by atoms with Gasteiger partial charge < -0.3 is 4.90 Å². The van der Waals surface area contributed by atoms with Crippen molar-refractivity contribution in [1.29, 1.82) is 0 Å². The third-order valence-corrected chi connectivity index (χ3v) is 6.86. The second-order valence-electron chi connectivity index (χ2n) is 7.11. The van der Waals surface area contributed by atoms with Gasteiger partial charge in [0.25, 0.3) is 5.91 Å². The molecule has 1 aromatic heterocycles. The fraction of sp³-hybridized carbons (Fsp3) is 0.500. The van der Waals surface area contributed by atoms with Crippen LogP contribution in [0.1, 0.15) is 17.5 Å². The molecule has 2 aliphatic heterocycles. The van der Waals surface area contributed by atoms with E-state index in [1.54, 1.807) is 4.90 Å². The maximum atomic E-state index is 12.5. The molecule has 1 amide bonds. The minimum Gasteiger partial charge on any atom is -0.304 e. The number of β-lactam (4-membered cyclic amide) rings is 1. The second-order valence-corrected chi connectivity index (χ2v) is 8.58. The summed E-state index contributed by atoms with van der Waals surface area (Å²) in [5, 5.41) is 9.60. The van der Waals surface area contributed by atoms with E-state index in [0.29, 0.717) is 5.13 Å². The van der Waals surface area contributed by atoms with E-state index < -0.39 is 10.9 Å². The highest BCUT2D eigenvalue weighted by atomic mass is 35.5. The summed E-state index contributed by atoms with van der Waals surface area (Å²) in [5.41, 5.74) is 0.417. The fourth-order valence-electron chi connectivity index (χ4n) is 3.57. The number of amides is 1. The lowest BCUT2D eigenvalue weighted by Gasteiger charge is -2.52. The lowest BCUT2D eigenvalue weighted by atomic mass is 9.79. The highest BCUT2D eigenvalue weighted by Crippen LogP contribution is 2.48. The minimum atomic E-state index is -0.593. The molecule has 26 heavy (non-hydrogen) atoms. The van der Waals surface area contributed by atoms with Crippen LogP contribution in [0.3, 0.4) is 0 Å². The summed E-state index contributed by atoms with van der Waals surface area (Å²) in [4.78, 5) is 18.9. The zero-order valence-electron chi connectivity index (χ0n) is 14.9. The molecule has 2 aromatic rings. The Morgan fingerprint density at radius 1 is 1.19 bits per heavy atom. The molecular formula is C18H22ClN5OS. The molecule has 0 saturated carbocycles. The van der Waals surface area contributed by atoms with Gasteiger partial charge >= 0.3 is 0 Å². The predicted octanol–water partition coefficient (Wildman–Crippen LogP) is 2.15. The van der Waals surface area contributed by atoms with Gasteiger partial charge in [-0.25, -0.2) is 0 Å². The van der Waals surface area contributed by atoms with Crippen molar-refractivity contribution in [3.05, 3.63) is 40.9 Å². The first kappa shape index (κ1) is 17.9. The lowest BCUT2D eigenvalue weighted by Crippen LogP contribution is -2.69. The number of hydrogen-bond donors (Lipinski definition) is 0. The summed E-state index contributed by atoms with van der Waals surface area (Å²) >= 11 is 7.90. The number of piperazine rings is 1. The maximum absolute atomic E-state index is 12.5. The van der Waals surface area contributed by atoms with E-state index in [-0.39, 0.29) is 5.91 Å². The van der Waals surface area contributed by atoms with Crippen LogP contribution < -0.4 is 4.90 Å². The number of nitrogens with zero attached hydrogens (tertiary/aromatic N) is 5. The van der Waals surface area contributed by atoms with E-state index in [1.807, 2.05) is 37.3 Å². The van der Waals surface area contributed by atoms with E-state index in [9.17, 15) is 4.79 Å². The standard InChI is InChI=1S/C18H22ClN5OS/c1-18(13-6-4-3-5-7-13)15(19)16(25)24(18)17-21-20-14(26-17)12-23-10-8-22(2)9-11-23/h3-7,15H,8-12H2,1-2H3. The Balaban J connectivity index is 1.54. The number of likely N-dealkylation sites (N-methyl/N-ethyl adjacent to an activating group) is 1. The zero-order chi connectivity index (χ0) is 18.3. The Bertz CT molecular complexity index is 792. The van der Waals surface area contributed by atoms with Crippen LogP contribution in [-0.4, -0.2) is 64.5 Å². The van der Waals surface area contributed by atoms with Gasteiger partial charge in [0.15, 0.2) is 0 Å². The molecule has 0 radical (unpaired) electrons. The number of rotatable bonds is 4. The summed E-state index contributed by atoms with van der Waals surface area (Å²) in [6, 6.07) is 9.89. The maximum Gasteiger partial charge on any atom is 0.250 e. The number of aromatic nitrogens is 2. The molecule has 2 aliphatic rings. The van der Waals surface area contributed by atoms with Crippen molar-refractivity contribution in [2.75, 3.05) is 38.1 Å². The summed E-state index contributed by atoms with van der Waals surface area (Å²) in [6.07, 6.45) is 0. The minimum absolute atomic E-state index is 0.111. The van der Waals surface area contributed by atoms with Crippen molar-refractivity contribution in [2.45, 2.75) is 24.4 Å². The van der Waals surface area contributed by atoms with E-state index >= 15 is 0 Å². The van der Waals surface area contributed by atoms with Gasteiger partial charge in [0.2, 0.25) is 5.13 Å². The quantitative estimate of drug-likeness (QED) is 0.590. The van der Waals surface area contributed by atoms with Crippen LogP contribution in [0.2, 0.25) is 0 Å². The second kappa shape index (κ2) is 6.88. The molecule has 1 aromatic carbocycles. The van der Waals surface area contributed by atoms with E-state index in [1.165, 1.54) is 11.3 Å². The molecule has 8 heteroatoms. The Morgan fingerprint density at radius 3 is 2.58 bits per heavy atom. The Morgan fingerprint density at radius 2 is 1.88 bits per heavy atom. The van der Waals surface area contributed by atoms with Crippen LogP contribution in [0.25, 0.3) is 0 Å². The van der Waals surface area contributed by atoms with Crippen LogP contribution in [0.4, 0.5) is 5.13 Å². The molecule has 4 rings (SSSR count). The van der Waals surface area contributed by atoms with Gasteiger partial charge in [-0.15, -0.1) is 21.8 Å². The molecule has 0 aliphatic carbocycles. The first-order chi connectivity index (χ1) is 12.5. The summed E-state index contributed by atoms with van der Waals surface area (Å²) < 4.78 is 0. The third kappa shape index (κ3) is 2.93. The molecule has 2 atom stereocenters. The zero-order valence-corrected chi connectivity index (χ0v) is 16.5. The monoisotopic (exact) mass is 391 g/mol. The largest absolute Gasteiger partial charge is 0.304 e. The molecular weight excluding hydrogens is 370 g/mol. The molecule has 0 bridgehead atoms. The Hall–Kier alpha value is -1.54. The number of benzene rings is 1. The average Bonchev–Trinajstić information content (AvgIpc) is 3.11. The van der Waals surface area contributed by atoms with Crippen molar-refractivity contribution in [2.24, 2.45) is 0 Å². The normalized spacial score (nSPS) is 27.6. The summed E-state index contributed by atoms with van der Waals surface area (Å²) in [5.74, 6) is -0.111. The van der Waals surface area contributed by atoms with Crippen LogP contribution >= 0.6 is 22.9 Å². The highest BCUT2D eigenvalue weighted by molar-refractivity contribution is 7.15. The number of carbonyl (C=O) groups excluding carboxylic acids is 1. The average molecular weight is 392 g/mol. The smallest absolute Gasteiger partial charge is 0.250 e. The lowest BCUT2D eigenvalue weighted by molar-refractivity contribution is -0.126. The first-order valence-electron chi connectivity index (χ1n) is 8.77. The topological polar surface area (TPSA) is 52.6 Å². The van der Waals surface area contributed by atoms with E-state index in [2.05, 4.69) is 27.0 Å². The van der Waals surface area contributed by atoms with Gasteiger partial charge in [0.1, 0.15) is 10.4 Å². The number of hydrogen-bond acceptors (Lipinski definition) is 6. The molecule has 0 spiro atoms. The van der Waals surface area contributed by atoms with Crippen LogP contribution in [0.15, 0.2) is 30.3 Å². The summed E-state index contributed by atoms with van der Waals surface area (Å²) in [6.45, 7) is 6.95. The molecule has 2 saturated heterocycles.